The van der Waals surface area contributed by atoms with Crippen molar-refractivity contribution in [2.24, 2.45) is 0 Å². The molecule has 0 unspecified atom stereocenters. The summed E-state index contributed by atoms with van der Waals surface area (Å²) in [5.74, 6) is -1.14. The number of aliphatic carboxylic acids is 1. The first kappa shape index (κ1) is 27.8. The molecule has 2 aliphatic rings. The Kier molecular flexibility index (Phi) is 8.54. The molecule has 2 aliphatic heterocycles. The molecule has 1 fully saturated rings. The fourth-order valence-electron chi connectivity index (χ4n) is 4.75. The number of carbonyl (C=O) groups is 4. The zero-order valence-corrected chi connectivity index (χ0v) is 23.0. The van der Waals surface area contributed by atoms with Crippen LogP contribution in [0.3, 0.4) is 0 Å². The molecule has 11 heteroatoms. The lowest BCUT2D eigenvalue weighted by molar-refractivity contribution is -0.134. The van der Waals surface area contributed by atoms with Crippen LogP contribution in [-0.4, -0.2) is 64.3 Å². The number of thioether (sulfide) groups is 1. The molecule has 10 nitrogen and oxygen atoms in total. The average Bonchev–Trinajstić information content (AvgIpc) is 3.50. The number of carbonyl (C=O) groups excluding carboxylic acids is 3. The van der Waals surface area contributed by atoms with E-state index in [1.165, 1.54) is 16.7 Å². The van der Waals surface area contributed by atoms with Gasteiger partial charge in [0.05, 0.1) is 11.4 Å². The van der Waals surface area contributed by atoms with E-state index >= 15 is 0 Å². The second-order valence-corrected chi connectivity index (χ2v) is 10.6. The Bertz CT molecular complexity index is 1470. The van der Waals surface area contributed by atoms with Gasteiger partial charge in [-0.3, -0.25) is 14.5 Å². The lowest BCUT2D eigenvalue weighted by Gasteiger charge is -2.28. The molecule has 3 N–H and O–H groups in total. The molecule has 0 bridgehead atoms. The van der Waals surface area contributed by atoms with Gasteiger partial charge >= 0.3 is 18.0 Å². The van der Waals surface area contributed by atoms with Gasteiger partial charge in [-0.2, -0.15) is 0 Å². The molecular formula is C30H29N5O5S. The highest BCUT2D eigenvalue weighted by Crippen LogP contribution is 2.35. The summed E-state index contributed by atoms with van der Waals surface area (Å²) < 4.78 is 0. The van der Waals surface area contributed by atoms with E-state index in [1.807, 2.05) is 48.5 Å². The van der Waals surface area contributed by atoms with Gasteiger partial charge in [-0.15, -0.1) is 11.8 Å². The van der Waals surface area contributed by atoms with Crippen molar-refractivity contribution in [3.63, 3.8) is 0 Å². The van der Waals surface area contributed by atoms with Crippen LogP contribution in [-0.2, 0) is 9.59 Å². The second kappa shape index (κ2) is 12.6. The average molecular weight is 572 g/mol. The fourth-order valence-corrected chi connectivity index (χ4v) is 5.37. The highest BCUT2D eigenvalue weighted by molar-refractivity contribution is 8.00. The molecule has 5 rings (SSSR count). The number of nitrogens with one attached hydrogen (secondary N) is 2. The molecule has 0 aromatic heterocycles. The number of hydrogen-bond donors (Lipinski definition) is 3. The number of hydrogen-bond acceptors (Lipinski definition) is 5. The number of urea groups is 2. The maximum atomic E-state index is 13.9. The minimum Gasteiger partial charge on any atom is -0.481 e. The van der Waals surface area contributed by atoms with Crippen LogP contribution >= 0.6 is 11.8 Å². The van der Waals surface area contributed by atoms with Gasteiger partial charge in [0.1, 0.15) is 6.54 Å². The molecule has 0 radical (unpaired) electrons. The maximum Gasteiger partial charge on any atom is 0.347 e. The Morgan fingerprint density at radius 3 is 2.27 bits per heavy atom. The summed E-state index contributed by atoms with van der Waals surface area (Å²) in [6.07, 6.45) is 3.44. The van der Waals surface area contributed by atoms with Crippen LogP contribution in [0.5, 0.6) is 0 Å². The topological polar surface area (TPSA) is 122 Å². The van der Waals surface area contributed by atoms with Crippen molar-refractivity contribution in [3.8, 4) is 0 Å². The van der Waals surface area contributed by atoms with Gasteiger partial charge in [0.15, 0.2) is 0 Å². The van der Waals surface area contributed by atoms with Crippen molar-refractivity contribution in [3.05, 3.63) is 96.2 Å². The van der Waals surface area contributed by atoms with Crippen LogP contribution in [0.4, 0.5) is 21.0 Å². The number of benzene rings is 3. The highest BCUT2D eigenvalue weighted by Gasteiger charge is 2.33. The van der Waals surface area contributed by atoms with E-state index in [1.54, 1.807) is 41.4 Å². The van der Waals surface area contributed by atoms with Crippen molar-refractivity contribution in [1.29, 1.82) is 0 Å². The maximum absolute atomic E-state index is 13.9. The number of fused-ring (bicyclic) bond motifs is 1. The smallest absolute Gasteiger partial charge is 0.347 e. The minimum absolute atomic E-state index is 0.0699. The zero-order valence-electron chi connectivity index (χ0n) is 22.2. The molecule has 3 aromatic rings. The third-order valence-corrected chi connectivity index (χ3v) is 7.71. The zero-order chi connectivity index (χ0) is 28.8. The molecule has 0 spiro atoms. The molecule has 2 heterocycles. The predicted molar refractivity (Wildman–Crippen MR) is 157 cm³/mol. The van der Waals surface area contributed by atoms with E-state index in [0.717, 1.165) is 33.9 Å². The monoisotopic (exact) mass is 571 g/mol. The van der Waals surface area contributed by atoms with Crippen molar-refractivity contribution in [2.75, 3.05) is 35.6 Å². The Labute approximate surface area is 241 Å². The quantitative estimate of drug-likeness (QED) is 0.332. The van der Waals surface area contributed by atoms with E-state index in [-0.39, 0.29) is 18.2 Å². The Morgan fingerprint density at radius 1 is 0.878 bits per heavy atom. The summed E-state index contributed by atoms with van der Waals surface area (Å²) in [5.41, 5.74) is 5.94. The first-order valence-corrected chi connectivity index (χ1v) is 14.1. The standard InChI is InChI=1S/C30H29N5O5S/c36-27(33-16-6-7-17-33)19-34-26-11-5-4-10-24(26)25(21-8-2-1-3-9-21)18-35(30(34)40)32-29(39)31-22-12-14-23(15-13-22)41-20-28(37)38/h1-5,8-15,18H,6-7,16-17,19-20H2,(H,37,38)(H2,31,32,39). The predicted octanol–water partition coefficient (Wildman–Crippen LogP) is 4.85. The van der Waals surface area contributed by atoms with Gasteiger partial charge in [0.2, 0.25) is 5.91 Å². The molecule has 0 saturated carbocycles. The van der Waals surface area contributed by atoms with Gasteiger partial charge in [-0.25, -0.2) is 20.0 Å². The van der Waals surface area contributed by atoms with E-state index in [4.69, 9.17) is 5.11 Å². The van der Waals surface area contributed by atoms with Crippen molar-refractivity contribution in [1.82, 2.24) is 15.3 Å². The second-order valence-electron chi connectivity index (χ2n) is 9.53. The summed E-state index contributed by atoms with van der Waals surface area (Å²) in [7, 11) is 0. The van der Waals surface area contributed by atoms with Gasteiger partial charge in [-0.05, 0) is 48.7 Å². The minimum atomic E-state index is -0.917. The Morgan fingerprint density at radius 2 is 1.56 bits per heavy atom. The lowest BCUT2D eigenvalue weighted by atomic mass is 9.97. The van der Waals surface area contributed by atoms with Crippen LogP contribution in [0.1, 0.15) is 24.0 Å². The van der Waals surface area contributed by atoms with E-state index in [9.17, 15) is 19.2 Å². The van der Waals surface area contributed by atoms with Gasteiger partial charge in [-0.1, -0.05) is 48.5 Å². The summed E-state index contributed by atoms with van der Waals surface area (Å²) in [6.45, 7) is 1.16. The first-order chi connectivity index (χ1) is 19.9. The van der Waals surface area contributed by atoms with Crippen LogP contribution in [0.25, 0.3) is 5.57 Å². The first-order valence-electron chi connectivity index (χ1n) is 13.2. The van der Waals surface area contributed by atoms with Gasteiger partial charge < -0.3 is 15.3 Å². The SMILES string of the molecule is O=C(O)CSc1ccc(NC(=O)NN2C=C(c3ccccc3)c3ccccc3N(CC(=O)N3CCCC3)C2=O)cc1. The summed E-state index contributed by atoms with van der Waals surface area (Å²) in [6, 6.07) is 22.4. The molecule has 5 amide bonds. The van der Waals surface area contributed by atoms with E-state index in [2.05, 4.69) is 10.7 Å². The number of hydrazine groups is 1. The largest absolute Gasteiger partial charge is 0.481 e. The number of carboxylic acid groups (broad SMARTS) is 1. The normalized spacial score (nSPS) is 14.7. The third-order valence-electron chi connectivity index (χ3n) is 6.71. The molecule has 0 aliphatic carbocycles. The van der Waals surface area contributed by atoms with Crippen LogP contribution in [0, 0.1) is 0 Å². The fraction of sp³-hybridized carbons (Fsp3) is 0.200. The molecule has 41 heavy (non-hydrogen) atoms. The number of para-hydroxylation sites is 1. The van der Waals surface area contributed by atoms with E-state index < -0.39 is 18.0 Å². The van der Waals surface area contributed by atoms with E-state index in [0.29, 0.717) is 30.0 Å². The molecule has 3 aromatic carbocycles. The number of likely N-dealkylation sites (tertiary alicyclic amines) is 1. The Balaban J connectivity index is 1.42. The summed E-state index contributed by atoms with van der Waals surface area (Å²) >= 11 is 1.17. The van der Waals surface area contributed by atoms with Crippen molar-refractivity contribution in [2.45, 2.75) is 17.7 Å². The molecule has 0 atom stereocenters. The number of anilines is 2. The van der Waals surface area contributed by atoms with Gasteiger partial charge in [0.25, 0.3) is 0 Å². The van der Waals surface area contributed by atoms with Gasteiger partial charge in [0, 0.05) is 41.0 Å². The molecule has 1 saturated heterocycles. The lowest BCUT2D eigenvalue weighted by Crippen LogP contribution is -2.52. The van der Waals surface area contributed by atoms with Crippen molar-refractivity contribution < 1.29 is 24.3 Å². The van der Waals surface area contributed by atoms with Crippen LogP contribution in [0.2, 0.25) is 0 Å². The number of rotatable bonds is 8. The van der Waals surface area contributed by atoms with Crippen LogP contribution in [0.15, 0.2) is 90.0 Å². The van der Waals surface area contributed by atoms with Crippen molar-refractivity contribution >= 4 is 52.6 Å². The number of carboxylic acids is 1. The van der Waals surface area contributed by atoms with Crippen LogP contribution < -0.4 is 15.6 Å². The molecular weight excluding hydrogens is 542 g/mol. The third kappa shape index (κ3) is 6.69. The summed E-state index contributed by atoms with van der Waals surface area (Å²) in [5, 5.41) is 12.7. The highest BCUT2D eigenvalue weighted by atomic mass is 32.2. The summed E-state index contributed by atoms with van der Waals surface area (Å²) in [4.78, 5) is 54.9. The Hall–Kier alpha value is -4.77. The number of nitrogens with zero attached hydrogens (tertiary/aromatic N) is 3. The molecule has 210 valence electrons. The number of amides is 5.